The molecule has 1 unspecified atom stereocenters. The van der Waals surface area contributed by atoms with Gasteiger partial charge in [-0.15, -0.1) is 0 Å². The Morgan fingerprint density at radius 2 is 1.71 bits per heavy atom. The quantitative estimate of drug-likeness (QED) is 0.880. The van der Waals surface area contributed by atoms with Crippen LogP contribution >= 0.6 is 0 Å². The molecule has 0 aliphatic carbocycles. The van der Waals surface area contributed by atoms with E-state index in [0.717, 1.165) is 11.1 Å². The van der Waals surface area contributed by atoms with Crippen molar-refractivity contribution in [2.24, 2.45) is 10.7 Å². The highest BCUT2D eigenvalue weighted by Gasteiger charge is 2.40. The second-order valence-corrected chi connectivity index (χ2v) is 7.92. The Labute approximate surface area is 140 Å². The molecule has 3 rings (SSSR count). The Kier molecular flexibility index (Phi) is 3.68. The minimum Gasteiger partial charge on any atom is -0.370 e. The Hall–Kier alpha value is -2.67. The molecule has 0 saturated heterocycles. The van der Waals surface area contributed by atoms with Crippen LogP contribution in [0.15, 0.2) is 58.4 Å². The predicted molar refractivity (Wildman–Crippen MR) is 92.1 cm³/mol. The van der Waals surface area contributed by atoms with E-state index in [1.807, 2.05) is 18.2 Å². The fourth-order valence-electron chi connectivity index (χ4n) is 2.66. The zero-order valence-corrected chi connectivity index (χ0v) is 14.1. The number of amides is 1. The number of guanidine groups is 1. The van der Waals surface area contributed by atoms with Gasteiger partial charge >= 0.3 is 0 Å². The van der Waals surface area contributed by atoms with E-state index in [4.69, 9.17) is 5.73 Å². The van der Waals surface area contributed by atoms with Crippen molar-refractivity contribution < 1.29 is 13.2 Å². The van der Waals surface area contributed by atoms with E-state index in [0.29, 0.717) is 5.56 Å². The fraction of sp³-hybridized carbons (Fsp3) is 0.176. The molecule has 3 N–H and O–H groups in total. The fourth-order valence-corrected chi connectivity index (χ4v) is 3.33. The highest BCUT2D eigenvalue weighted by atomic mass is 32.2. The minimum absolute atomic E-state index is 0.0898. The predicted octanol–water partition coefficient (Wildman–Crippen LogP) is 1.42. The van der Waals surface area contributed by atoms with Crippen molar-refractivity contribution in [3.05, 3.63) is 54.1 Å². The Balaban J connectivity index is 2.08. The second-order valence-electron chi connectivity index (χ2n) is 5.90. The Bertz CT molecular complexity index is 967. The lowest BCUT2D eigenvalue weighted by Gasteiger charge is -2.19. The van der Waals surface area contributed by atoms with Gasteiger partial charge in [-0.1, -0.05) is 30.3 Å². The molecular weight excluding hydrogens is 326 g/mol. The third kappa shape index (κ3) is 2.78. The molecule has 1 heterocycles. The van der Waals surface area contributed by atoms with Gasteiger partial charge in [0, 0.05) is 6.26 Å². The van der Waals surface area contributed by atoms with Crippen LogP contribution in [0.1, 0.15) is 12.5 Å². The van der Waals surface area contributed by atoms with Gasteiger partial charge in [-0.2, -0.15) is 0 Å². The van der Waals surface area contributed by atoms with E-state index in [9.17, 15) is 13.2 Å². The molecule has 0 saturated carbocycles. The molecule has 24 heavy (non-hydrogen) atoms. The van der Waals surface area contributed by atoms with E-state index >= 15 is 0 Å². The monoisotopic (exact) mass is 343 g/mol. The minimum atomic E-state index is -3.29. The number of nitrogens with one attached hydrogen (secondary N) is 1. The summed E-state index contributed by atoms with van der Waals surface area (Å²) in [7, 11) is -3.29. The maximum absolute atomic E-state index is 12.2. The molecule has 2 aromatic carbocycles. The first-order chi connectivity index (χ1) is 11.2. The number of carbonyl (C=O) groups is 1. The van der Waals surface area contributed by atoms with Crippen LogP contribution < -0.4 is 11.1 Å². The van der Waals surface area contributed by atoms with Gasteiger partial charge in [-0.3, -0.25) is 10.1 Å². The normalized spacial score (nSPS) is 20.6. The molecule has 1 aliphatic heterocycles. The first-order valence-corrected chi connectivity index (χ1v) is 9.17. The van der Waals surface area contributed by atoms with Gasteiger partial charge in [-0.05, 0) is 41.8 Å². The van der Waals surface area contributed by atoms with Gasteiger partial charge in [0.2, 0.25) is 0 Å². The van der Waals surface area contributed by atoms with Crippen LogP contribution in [-0.4, -0.2) is 26.5 Å². The van der Waals surface area contributed by atoms with Gasteiger partial charge in [0.15, 0.2) is 21.3 Å². The molecule has 6 nitrogen and oxygen atoms in total. The van der Waals surface area contributed by atoms with E-state index in [1.165, 1.54) is 6.26 Å². The highest BCUT2D eigenvalue weighted by Crippen LogP contribution is 2.32. The zero-order valence-electron chi connectivity index (χ0n) is 13.3. The third-order valence-corrected chi connectivity index (χ3v) is 5.16. The van der Waals surface area contributed by atoms with Crippen LogP contribution in [0.25, 0.3) is 11.1 Å². The molecule has 0 spiro atoms. The van der Waals surface area contributed by atoms with Gasteiger partial charge < -0.3 is 5.73 Å². The van der Waals surface area contributed by atoms with Crippen LogP contribution in [0.4, 0.5) is 0 Å². The van der Waals surface area contributed by atoms with Crippen molar-refractivity contribution >= 4 is 21.7 Å². The summed E-state index contributed by atoms with van der Waals surface area (Å²) in [5.41, 5.74) is 6.75. The SMILES string of the molecule is CC1(c2cccc(-c3cccc(S(C)(=O)=O)c3)c2)N=C(N)NC1=O. The Morgan fingerprint density at radius 3 is 2.29 bits per heavy atom. The van der Waals surface area contributed by atoms with Crippen molar-refractivity contribution in [2.45, 2.75) is 17.4 Å². The highest BCUT2D eigenvalue weighted by molar-refractivity contribution is 7.90. The van der Waals surface area contributed by atoms with Gasteiger partial charge in [0.1, 0.15) is 0 Å². The molecule has 124 valence electrons. The van der Waals surface area contributed by atoms with Crippen molar-refractivity contribution in [1.82, 2.24) is 5.32 Å². The summed E-state index contributed by atoms with van der Waals surface area (Å²) < 4.78 is 23.5. The van der Waals surface area contributed by atoms with E-state index < -0.39 is 15.4 Å². The summed E-state index contributed by atoms with van der Waals surface area (Å²) in [6, 6.07) is 14.0. The molecule has 1 atom stereocenters. The van der Waals surface area contributed by atoms with Gasteiger partial charge in [-0.25, -0.2) is 13.4 Å². The number of nitrogens with two attached hydrogens (primary N) is 1. The standard InChI is InChI=1S/C17H17N3O3S/c1-17(15(21)19-16(18)20-17)13-7-3-5-11(9-13)12-6-4-8-14(10-12)24(2,22)23/h3-10H,1-2H3,(H3,18,19,20,21). The largest absolute Gasteiger partial charge is 0.370 e. The lowest BCUT2D eigenvalue weighted by molar-refractivity contribution is -0.123. The number of aliphatic imine (C=N–C) groups is 1. The number of benzene rings is 2. The number of sulfone groups is 1. The van der Waals surface area contributed by atoms with Crippen molar-refractivity contribution in [1.29, 1.82) is 0 Å². The summed E-state index contributed by atoms with van der Waals surface area (Å²) in [5.74, 6) is -0.200. The summed E-state index contributed by atoms with van der Waals surface area (Å²) in [5, 5.41) is 2.50. The molecule has 2 aromatic rings. The zero-order chi connectivity index (χ0) is 17.5. The molecule has 0 aromatic heterocycles. The Morgan fingerprint density at radius 1 is 1.08 bits per heavy atom. The van der Waals surface area contributed by atoms with E-state index in [1.54, 1.807) is 37.3 Å². The first-order valence-electron chi connectivity index (χ1n) is 7.28. The summed E-state index contributed by atoms with van der Waals surface area (Å²) in [6.45, 7) is 1.69. The molecule has 0 fully saturated rings. The van der Waals surface area contributed by atoms with Gasteiger partial charge in [0.25, 0.3) is 5.91 Å². The molecular formula is C17H17N3O3S. The maximum atomic E-state index is 12.2. The topological polar surface area (TPSA) is 102 Å². The third-order valence-electron chi connectivity index (χ3n) is 4.05. The van der Waals surface area contributed by atoms with Crippen molar-refractivity contribution in [3.63, 3.8) is 0 Å². The van der Waals surface area contributed by atoms with Crippen molar-refractivity contribution in [2.75, 3.05) is 6.26 Å². The van der Waals surface area contributed by atoms with Crippen LogP contribution in [0.5, 0.6) is 0 Å². The van der Waals surface area contributed by atoms with Crippen LogP contribution in [0.3, 0.4) is 0 Å². The van der Waals surface area contributed by atoms with Crippen LogP contribution in [-0.2, 0) is 20.2 Å². The van der Waals surface area contributed by atoms with Crippen LogP contribution in [0, 0.1) is 0 Å². The molecule has 1 amide bonds. The summed E-state index contributed by atoms with van der Waals surface area (Å²) in [4.78, 5) is 16.6. The lowest BCUT2D eigenvalue weighted by atomic mass is 9.90. The average Bonchev–Trinajstić information content (AvgIpc) is 2.80. The number of rotatable bonds is 3. The molecule has 1 aliphatic rings. The first kappa shape index (κ1) is 16.2. The second kappa shape index (κ2) is 5.45. The molecule has 0 radical (unpaired) electrons. The summed E-state index contributed by atoms with van der Waals surface area (Å²) >= 11 is 0. The van der Waals surface area contributed by atoms with Crippen LogP contribution in [0.2, 0.25) is 0 Å². The maximum Gasteiger partial charge on any atom is 0.259 e. The smallest absolute Gasteiger partial charge is 0.259 e. The molecule has 7 heteroatoms. The van der Waals surface area contributed by atoms with E-state index in [2.05, 4.69) is 10.3 Å². The number of hydrogen-bond acceptors (Lipinski definition) is 5. The van der Waals surface area contributed by atoms with Crippen molar-refractivity contribution in [3.8, 4) is 11.1 Å². The average molecular weight is 343 g/mol. The van der Waals surface area contributed by atoms with Gasteiger partial charge in [0.05, 0.1) is 4.90 Å². The lowest BCUT2D eigenvalue weighted by Crippen LogP contribution is -2.37. The van der Waals surface area contributed by atoms with E-state index in [-0.39, 0.29) is 16.8 Å². The molecule has 0 bridgehead atoms. The number of hydrogen-bond donors (Lipinski definition) is 2. The number of nitrogens with zero attached hydrogens (tertiary/aromatic N) is 1. The summed E-state index contributed by atoms with van der Waals surface area (Å²) in [6.07, 6.45) is 1.17. The number of carbonyl (C=O) groups excluding carboxylic acids is 1.